The van der Waals surface area contributed by atoms with Gasteiger partial charge in [0.05, 0.1) is 30.7 Å². The first-order chi connectivity index (χ1) is 13.1. The van der Waals surface area contributed by atoms with Crippen molar-refractivity contribution in [2.24, 2.45) is 0 Å². The minimum Gasteiger partial charge on any atom is -0.390 e. The van der Waals surface area contributed by atoms with E-state index in [-0.39, 0.29) is 12.1 Å². The molecule has 2 aliphatic rings. The lowest BCUT2D eigenvalue weighted by Gasteiger charge is -2.43. The first-order valence-corrected chi connectivity index (χ1v) is 9.95. The van der Waals surface area contributed by atoms with Crippen molar-refractivity contribution in [2.45, 2.75) is 39.0 Å². The van der Waals surface area contributed by atoms with E-state index in [0.717, 1.165) is 69.4 Å². The molecule has 0 saturated carbocycles. The Labute approximate surface area is 161 Å². The molecule has 2 aliphatic heterocycles. The molecule has 3 heterocycles. The molecule has 0 spiro atoms. The van der Waals surface area contributed by atoms with Gasteiger partial charge < -0.3 is 9.84 Å². The molecule has 6 heteroatoms. The van der Waals surface area contributed by atoms with Gasteiger partial charge in [0.1, 0.15) is 0 Å². The number of likely N-dealkylation sites (tertiary alicyclic amines) is 1. The maximum atomic E-state index is 10.7. The molecule has 1 aromatic heterocycles. The van der Waals surface area contributed by atoms with Crippen LogP contribution in [0.5, 0.6) is 0 Å². The first kappa shape index (κ1) is 18.6. The van der Waals surface area contributed by atoms with Gasteiger partial charge in [0.15, 0.2) is 0 Å². The number of morpholine rings is 1. The van der Waals surface area contributed by atoms with E-state index < -0.39 is 0 Å². The van der Waals surface area contributed by atoms with Crippen molar-refractivity contribution < 1.29 is 9.84 Å². The average molecular weight is 370 g/mol. The molecule has 2 aromatic rings. The third-order valence-electron chi connectivity index (χ3n) is 5.72. The second kappa shape index (κ2) is 8.10. The van der Waals surface area contributed by atoms with Crippen molar-refractivity contribution in [3.05, 3.63) is 47.3 Å². The van der Waals surface area contributed by atoms with Crippen molar-refractivity contribution in [2.75, 3.05) is 39.4 Å². The molecule has 0 aliphatic carbocycles. The molecule has 1 aromatic carbocycles. The molecule has 2 saturated heterocycles. The molecule has 0 unspecified atom stereocenters. The fourth-order valence-electron chi connectivity index (χ4n) is 4.40. The molecule has 1 N–H and O–H groups in total. The van der Waals surface area contributed by atoms with E-state index in [1.54, 1.807) is 0 Å². The summed E-state index contributed by atoms with van der Waals surface area (Å²) >= 11 is 0. The van der Waals surface area contributed by atoms with Crippen LogP contribution in [0.25, 0.3) is 5.69 Å². The van der Waals surface area contributed by atoms with Crippen molar-refractivity contribution in [1.82, 2.24) is 19.6 Å². The number of aromatic nitrogens is 2. The Bertz CT molecular complexity index is 769. The number of benzene rings is 1. The van der Waals surface area contributed by atoms with Crippen molar-refractivity contribution in [1.29, 1.82) is 0 Å². The Morgan fingerprint density at radius 2 is 1.96 bits per heavy atom. The molecule has 27 heavy (non-hydrogen) atoms. The summed E-state index contributed by atoms with van der Waals surface area (Å²) in [5.41, 5.74) is 4.54. The van der Waals surface area contributed by atoms with Crippen molar-refractivity contribution >= 4 is 0 Å². The molecule has 0 amide bonds. The fourth-order valence-corrected chi connectivity index (χ4v) is 4.40. The summed E-state index contributed by atoms with van der Waals surface area (Å²) in [5.74, 6) is 0. The summed E-state index contributed by atoms with van der Waals surface area (Å²) in [6.45, 7) is 10.2. The lowest BCUT2D eigenvalue weighted by atomic mass is 9.99. The summed E-state index contributed by atoms with van der Waals surface area (Å²) in [6, 6.07) is 10.9. The molecule has 4 rings (SSSR count). The standard InChI is InChI=1S/C21H30N4O2/c1-16-12-17(2)25(22-16)19-5-3-4-18(13-19)14-23-7-6-20(21(26)15-23)24-8-10-27-11-9-24/h3-5,12-13,20-21,26H,6-11,14-15H2,1-2H3/t20-,21-/m1/s1. The van der Waals surface area contributed by atoms with Gasteiger partial charge in [0.2, 0.25) is 0 Å². The van der Waals surface area contributed by atoms with E-state index in [1.165, 1.54) is 5.56 Å². The third-order valence-corrected chi connectivity index (χ3v) is 5.72. The molecular weight excluding hydrogens is 340 g/mol. The van der Waals surface area contributed by atoms with Gasteiger partial charge in [-0.25, -0.2) is 4.68 Å². The highest BCUT2D eigenvalue weighted by Crippen LogP contribution is 2.21. The number of hydrogen-bond acceptors (Lipinski definition) is 5. The number of β-amino-alcohol motifs (C(OH)–C–C–N with tert-alkyl or cyclic N) is 1. The molecule has 0 radical (unpaired) electrons. The van der Waals surface area contributed by atoms with Crippen LogP contribution in [0.2, 0.25) is 0 Å². The van der Waals surface area contributed by atoms with Crippen LogP contribution in [0.4, 0.5) is 0 Å². The van der Waals surface area contributed by atoms with Crippen LogP contribution in [0.1, 0.15) is 23.4 Å². The second-order valence-electron chi connectivity index (χ2n) is 7.82. The van der Waals surface area contributed by atoms with Crippen molar-refractivity contribution in [3.63, 3.8) is 0 Å². The number of nitrogens with zero attached hydrogens (tertiary/aromatic N) is 4. The highest BCUT2D eigenvalue weighted by Gasteiger charge is 2.32. The number of piperidine rings is 1. The van der Waals surface area contributed by atoms with Gasteiger partial charge >= 0.3 is 0 Å². The Kier molecular flexibility index (Phi) is 5.59. The zero-order chi connectivity index (χ0) is 18.8. The lowest BCUT2D eigenvalue weighted by molar-refractivity contribution is -0.0534. The van der Waals surface area contributed by atoms with Crippen molar-refractivity contribution in [3.8, 4) is 5.69 Å². The zero-order valence-electron chi connectivity index (χ0n) is 16.3. The summed E-state index contributed by atoms with van der Waals surface area (Å²) in [6.07, 6.45) is 0.717. The van der Waals surface area contributed by atoms with Gasteiger partial charge in [0.25, 0.3) is 0 Å². The SMILES string of the molecule is Cc1cc(C)n(-c2cccc(CN3CC[C@@H](N4CCOCC4)[C@H](O)C3)c2)n1. The molecule has 2 atom stereocenters. The minimum atomic E-state index is -0.295. The number of aliphatic hydroxyl groups excluding tert-OH is 1. The Hall–Kier alpha value is -1.73. The third kappa shape index (κ3) is 4.24. The van der Waals surface area contributed by atoms with Crippen LogP contribution in [0.3, 0.4) is 0 Å². The van der Waals surface area contributed by atoms with Crippen LogP contribution in [-0.4, -0.2) is 76.2 Å². The molecule has 2 fully saturated rings. The van der Waals surface area contributed by atoms with Gasteiger partial charge in [-0.15, -0.1) is 0 Å². The van der Waals surface area contributed by atoms with Crippen LogP contribution in [0, 0.1) is 13.8 Å². The van der Waals surface area contributed by atoms with Crippen LogP contribution in [-0.2, 0) is 11.3 Å². The number of ether oxygens (including phenoxy) is 1. The van der Waals surface area contributed by atoms with E-state index in [9.17, 15) is 5.11 Å². The molecule has 146 valence electrons. The zero-order valence-corrected chi connectivity index (χ0v) is 16.3. The topological polar surface area (TPSA) is 53.8 Å². The predicted molar refractivity (Wildman–Crippen MR) is 105 cm³/mol. The monoisotopic (exact) mass is 370 g/mol. The second-order valence-corrected chi connectivity index (χ2v) is 7.82. The van der Waals surface area contributed by atoms with E-state index >= 15 is 0 Å². The Morgan fingerprint density at radius 1 is 1.15 bits per heavy atom. The number of hydrogen-bond donors (Lipinski definition) is 1. The Balaban J connectivity index is 1.40. The summed E-state index contributed by atoms with van der Waals surface area (Å²) in [4.78, 5) is 4.76. The van der Waals surface area contributed by atoms with E-state index in [2.05, 4.69) is 52.2 Å². The molecule has 6 nitrogen and oxygen atoms in total. The predicted octanol–water partition coefficient (Wildman–Crippen LogP) is 1.76. The highest BCUT2D eigenvalue weighted by molar-refractivity contribution is 5.37. The van der Waals surface area contributed by atoms with Gasteiger partial charge in [-0.2, -0.15) is 5.10 Å². The quantitative estimate of drug-likeness (QED) is 0.889. The maximum Gasteiger partial charge on any atom is 0.0822 e. The van der Waals surface area contributed by atoms with E-state index in [4.69, 9.17) is 4.74 Å². The molecule has 0 bridgehead atoms. The molecular formula is C21H30N4O2. The summed E-state index contributed by atoms with van der Waals surface area (Å²) < 4.78 is 7.44. The lowest BCUT2D eigenvalue weighted by Crippen LogP contribution is -2.56. The largest absolute Gasteiger partial charge is 0.390 e. The number of rotatable bonds is 4. The summed E-state index contributed by atoms with van der Waals surface area (Å²) in [5, 5.41) is 15.3. The average Bonchev–Trinajstić information content (AvgIpc) is 3.01. The summed E-state index contributed by atoms with van der Waals surface area (Å²) in [7, 11) is 0. The number of aliphatic hydroxyl groups is 1. The Morgan fingerprint density at radius 3 is 2.67 bits per heavy atom. The van der Waals surface area contributed by atoms with E-state index in [0.29, 0.717) is 0 Å². The normalized spacial score (nSPS) is 25.0. The number of aryl methyl sites for hydroxylation is 2. The minimum absolute atomic E-state index is 0.270. The van der Waals surface area contributed by atoms with Crippen LogP contribution < -0.4 is 0 Å². The van der Waals surface area contributed by atoms with E-state index in [1.807, 2.05) is 11.6 Å². The maximum absolute atomic E-state index is 10.7. The van der Waals surface area contributed by atoms with Crippen LogP contribution in [0.15, 0.2) is 30.3 Å². The van der Waals surface area contributed by atoms with Crippen LogP contribution >= 0.6 is 0 Å². The first-order valence-electron chi connectivity index (χ1n) is 9.95. The van der Waals surface area contributed by atoms with Gasteiger partial charge in [-0.3, -0.25) is 9.80 Å². The highest BCUT2D eigenvalue weighted by atomic mass is 16.5. The smallest absolute Gasteiger partial charge is 0.0822 e. The van der Waals surface area contributed by atoms with Gasteiger partial charge in [0, 0.05) is 44.5 Å². The fraction of sp³-hybridized carbons (Fsp3) is 0.571. The van der Waals surface area contributed by atoms with Gasteiger partial charge in [-0.05, 0) is 44.0 Å². The van der Waals surface area contributed by atoms with Gasteiger partial charge in [-0.1, -0.05) is 12.1 Å².